The molecule has 1 aliphatic heterocycles. The minimum Gasteiger partial charge on any atom is -0.493 e. The number of halogens is 3. The fraction of sp³-hybridized carbons (Fsp3) is 0.565. The molecule has 1 atom stereocenters. The Hall–Kier alpha value is -2.75. The summed E-state index contributed by atoms with van der Waals surface area (Å²) in [6.45, 7) is 5.37. The summed E-state index contributed by atoms with van der Waals surface area (Å²) in [5.41, 5.74) is -1.71. The van der Waals surface area contributed by atoms with Gasteiger partial charge in [-0.25, -0.2) is 9.59 Å². The molecule has 10 heteroatoms. The number of β-amino-alcohol motifs (C(OH)–C–C–N with tert-alkyl or cyclic N) is 1. The molecule has 33 heavy (non-hydrogen) atoms. The standard InChI is InChI=1S/C23H29F3N2O5/c1-3-8-16-18(10-9-15-17(23(24,25)26)13-20(30)33-21(15)16)32-12-7-5-6-11-28-19(29)14-27(4-2)22(28)31/h9-10,13,19,29H,3-8,11-12,14H2,1-2H3. The third-order valence-electron chi connectivity index (χ3n) is 5.72. The molecular formula is C23H29F3N2O5. The molecular weight excluding hydrogens is 441 g/mol. The molecule has 1 fully saturated rings. The van der Waals surface area contributed by atoms with Gasteiger partial charge in [0.25, 0.3) is 0 Å². The van der Waals surface area contributed by atoms with Crippen molar-refractivity contribution in [1.82, 2.24) is 9.80 Å². The van der Waals surface area contributed by atoms with Crippen LogP contribution in [0.5, 0.6) is 5.75 Å². The summed E-state index contributed by atoms with van der Waals surface area (Å²) < 4.78 is 51.1. The summed E-state index contributed by atoms with van der Waals surface area (Å²) in [7, 11) is 0. The average molecular weight is 470 g/mol. The number of carbonyl (C=O) groups is 1. The summed E-state index contributed by atoms with van der Waals surface area (Å²) in [6, 6.07) is 3.07. The molecule has 0 radical (unpaired) electrons. The number of hydrogen-bond acceptors (Lipinski definition) is 5. The van der Waals surface area contributed by atoms with Crippen LogP contribution >= 0.6 is 0 Å². The van der Waals surface area contributed by atoms with Gasteiger partial charge in [-0.2, -0.15) is 13.2 Å². The summed E-state index contributed by atoms with van der Waals surface area (Å²) in [5, 5.41) is 9.85. The van der Waals surface area contributed by atoms with E-state index in [1.807, 2.05) is 13.8 Å². The Morgan fingerprint density at radius 1 is 1.18 bits per heavy atom. The van der Waals surface area contributed by atoms with Gasteiger partial charge in [0.1, 0.15) is 17.6 Å². The highest BCUT2D eigenvalue weighted by molar-refractivity contribution is 5.85. The van der Waals surface area contributed by atoms with Crippen molar-refractivity contribution in [3.63, 3.8) is 0 Å². The number of likely N-dealkylation sites (N-methyl/N-ethyl adjacent to an activating group) is 1. The summed E-state index contributed by atoms with van der Waals surface area (Å²) in [4.78, 5) is 27.0. The number of urea groups is 1. The molecule has 3 rings (SSSR count). The largest absolute Gasteiger partial charge is 0.493 e. The number of alkyl halides is 3. The molecule has 2 aromatic rings. The van der Waals surface area contributed by atoms with E-state index in [9.17, 15) is 27.9 Å². The van der Waals surface area contributed by atoms with E-state index in [1.54, 1.807) is 4.90 Å². The van der Waals surface area contributed by atoms with E-state index in [1.165, 1.54) is 17.0 Å². The number of unbranched alkanes of at least 4 members (excludes halogenated alkanes) is 2. The van der Waals surface area contributed by atoms with Gasteiger partial charge in [0, 0.05) is 30.1 Å². The number of aliphatic hydroxyl groups excluding tert-OH is 1. The Morgan fingerprint density at radius 2 is 1.94 bits per heavy atom. The van der Waals surface area contributed by atoms with E-state index in [-0.39, 0.29) is 17.0 Å². The molecule has 1 unspecified atom stereocenters. The molecule has 2 heterocycles. The lowest BCUT2D eigenvalue weighted by Gasteiger charge is -2.19. The fourth-order valence-corrected chi connectivity index (χ4v) is 4.06. The zero-order chi connectivity index (χ0) is 24.2. The van der Waals surface area contributed by atoms with Crippen molar-refractivity contribution < 1.29 is 32.2 Å². The lowest BCUT2D eigenvalue weighted by Crippen LogP contribution is -2.35. The number of hydrogen-bond donors (Lipinski definition) is 1. The molecule has 182 valence electrons. The molecule has 2 amide bonds. The molecule has 0 saturated carbocycles. The van der Waals surface area contributed by atoms with Crippen LogP contribution in [-0.4, -0.2) is 53.4 Å². The SMILES string of the molecule is CCCc1c(OCCCCCN2C(=O)N(CC)CC2O)ccc2c(C(F)(F)F)cc(=O)oc12. The third-order valence-corrected chi connectivity index (χ3v) is 5.72. The smallest absolute Gasteiger partial charge is 0.417 e. The lowest BCUT2D eigenvalue weighted by molar-refractivity contribution is -0.136. The molecule has 0 spiro atoms. The Morgan fingerprint density at radius 3 is 2.58 bits per heavy atom. The fourth-order valence-electron chi connectivity index (χ4n) is 4.06. The molecule has 1 N–H and O–H groups in total. The van der Waals surface area contributed by atoms with Crippen LogP contribution in [0.25, 0.3) is 11.0 Å². The minimum absolute atomic E-state index is 0.0869. The first-order valence-corrected chi connectivity index (χ1v) is 11.2. The van der Waals surface area contributed by atoms with E-state index in [4.69, 9.17) is 9.15 Å². The molecule has 1 aliphatic rings. The van der Waals surface area contributed by atoms with Crippen molar-refractivity contribution in [1.29, 1.82) is 0 Å². The van der Waals surface area contributed by atoms with Crippen LogP contribution < -0.4 is 10.4 Å². The van der Waals surface area contributed by atoms with Gasteiger partial charge in [0.15, 0.2) is 0 Å². The molecule has 1 saturated heterocycles. The predicted octanol–water partition coefficient (Wildman–Crippen LogP) is 4.39. The average Bonchev–Trinajstić information content (AvgIpc) is 3.03. The van der Waals surface area contributed by atoms with Crippen molar-refractivity contribution in [3.05, 3.63) is 39.7 Å². The number of rotatable bonds is 10. The number of fused-ring (bicyclic) bond motifs is 1. The number of ether oxygens (including phenoxy) is 1. The number of amides is 2. The summed E-state index contributed by atoms with van der Waals surface area (Å²) in [6.07, 6.45) is -2.33. The molecule has 1 aromatic heterocycles. The van der Waals surface area contributed by atoms with Crippen molar-refractivity contribution in [2.24, 2.45) is 0 Å². The number of benzene rings is 1. The first-order valence-electron chi connectivity index (χ1n) is 11.2. The van der Waals surface area contributed by atoms with Crippen molar-refractivity contribution in [3.8, 4) is 5.75 Å². The van der Waals surface area contributed by atoms with Crippen LogP contribution in [0.15, 0.2) is 27.4 Å². The van der Waals surface area contributed by atoms with Crippen LogP contribution in [0, 0.1) is 0 Å². The van der Waals surface area contributed by atoms with E-state index in [0.717, 1.165) is 6.42 Å². The molecule has 0 aliphatic carbocycles. The first kappa shape index (κ1) is 24.9. The molecule has 1 aromatic carbocycles. The Labute approximate surface area is 189 Å². The monoisotopic (exact) mass is 470 g/mol. The predicted molar refractivity (Wildman–Crippen MR) is 116 cm³/mol. The zero-order valence-electron chi connectivity index (χ0n) is 18.8. The quantitative estimate of drug-likeness (QED) is 0.411. The molecule has 7 nitrogen and oxygen atoms in total. The van der Waals surface area contributed by atoms with Crippen LogP contribution in [0.4, 0.5) is 18.0 Å². The zero-order valence-corrected chi connectivity index (χ0v) is 18.8. The van der Waals surface area contributed by atoms with Gasteiger partial charge in [-0.05, 0) is 44.7 Å². The van der Waals surface area contributed by atoms with Crippen LogP contribution in [-0.2, 0) is 12.6 Å². The van der Waals surface area contributed by atoms with E-state index < -0.39 is 23.6 Å². The number of carbonyl (C=O) groups excluding carboxylic acids is 1. The maximum absolute atomic E-state index is 13.4. The Balaban J connectivity index is 1.63. The second kappa shape index (κ2) is 10.5. The summed E-state index contributed by atoms with van der Waals surface area (Å²) in [5.74, 6) is 0.399. The number of aryl methyl sites for hydroxylation is 1. The van der Waals surface area contributed by atoms with E-state index in [2.05, 4.69) is 0 Å². The highest BCUT2D eigenvalue weighted by atomic mass is 19.4. The van der Waals surface area contributed by atoms with Crippen molar-refractivity contribution in [2.45, 2.75) is 58.4 Å². The minimum atomic E-state index is -4.67. The van der Waals surface area contributed by atoms with Crippen LogP contribution in [0.3, 0.4) is 0 Å². The van der Waals surface area contributed by atoms with Crippen LogP contribution in [0.1, 0.15) is 50.7 Å². The normalized spacial score (nSPS) is 16.8. The van der Waals surface area contributed by atoms with E-state index >= 15 is 0 Å². The molecule has 0 bridgehead atoms. The maximum atomic E-state index is 13.4. The highest BCUT2D eigenvalue weighted by Gasteiger charge is 2.35. The van der Waals surface area contributed by atoms with Crippen molar-refractivity contribution >= 4 is 17.0 Å². The van der Waals surface area contributed by atoms with Gasteiger partial charge < -0.3 is 19.2 Å². The van der Waals surface area contributed by atoms with Crippen molar-refractivity contribution in [2.75, 3.05) is 26.2 Å². The number of aliphatic hydroxyl groups is 1. The number of nitrogens with zero attached hydrogens (tertiary/aromatic N) is 2. The van der Waals surface area contributed by atoms with Gasteiger partial charge in [0.2, 0.25) is 0 Å². The second-order valence-corrected chi connectivity index (χ2v) is 8.05. The van der Waals surface area contributed by atoms with E-state index in [0.29, 0.717) is 69.3 Å². The van der Waals surface area contributed by atoms with Gasteiger partial charge in [-0.3, -0.25) is 4.90 Å². The Bertz CT molecular complexity index is 1040. The lowest BCUT2D eigenvalue weighted by atomic mass is 10.0. The highest BCUT2D eigenvalue weighted by Crippen LogP contribution is 2.37. The first-order chi connectivity index (χ1) is 15.7. The topological polar surface area (TPSA) is 83.2 Å². The Kier molecular flexibility index (Phi) is 7.88. The third kappa shape index (κ3) is 5.61. The second-order valence-electron chi connectivity index (χ2n) is 8.05. The van der Waals surface area contributed by atoms with Gasteiger partial charge in [0.05, 0.1) is 18.7 Å². The van der Waals surface area contributed by atoms with Crippen LogP contribution in [0.2, 0.25) is 0 Å². The summed E-state index contributed by atoms with van der Waals surface area (Å²) >= 11 is 0. The maximum Gasteiger partial charge on any atom is 0.417 e. The van der Waals surface area contributed by atoms with Gasteiger partial charge >= 0.3 is 17.8 Å². The van der Waals surface area contributed by atoms with Gasteiger partial charge in [-0.15, -0.1) is 0 Å². The van der Waals surface area contributed by atoms with Gasteiger partial charge in [-0.1, -0.05) is 13.3 Å².